The van der Waals surface area contributed by atoms with Crippen LogP contribution in [0.5, 0.6) is 0 Å². The monoisotopic (exact) mass is 274 g/mol. The summed E-state index contributed by atoms with van der Waals surface area (Å²) in [5, 5.41) is 8.61. The van der Waals surface area contributed by atoms with Crippen molar-refractivity contribution in [1.82, 2.24) is 9.97 Å². The minimum Gasteiger partial charge on any atom is -0.394 e. The summed E-state index contributed by atoms with van der Waals surface area (Å²) in [6, 6.07) is 1.50. The van der Waals surface area contributed by atoms with Gasteiger partial charge in [0.25, 0.3) is 5.92 Å². The first-order valence-corrected chi connectivity index (χ1v) is 5.96. The number of rotatable bonds is 4. The molecule has 1 aromatic heterocycles. The first-order valence-electron chi connectivity index (χ1n) is 5.96. The lowest BCUT2D eigenvalue weighted by Gasteiger charge is -2.37. The lowest BCUT2D eigenvalue weighted by molar-refractivity contribution is -0.146. The van der Waals surface area contributed by atoms with Gasteiger partial charge in [0, 0.05) is 12.7 Å². The molecule has 0 aliphatic carbocycles. The summed E-state index contributed by atoms with van der Waals surface area (Å²) < 4.78 is 32.7. The second-order valence-corrected chi connectivity index (χ2v) is 4.34. The highest BCUT2D eigenvalue weighted by atomic mass is 19.3. The van der Waals surface area contributed by atoms with Crippen molar-refractivity contribution in [1.29, 1.82) is 0 Å². The molecule has 6 nitrogen and oxygen atoms in total. The van der Waals surface area contributed by atoms with Gasteiger partial charge in [-0.05, 0) is 12.5 Å². The van der Waals surface area contributed by atoms with Crippen molar-refractivity contribution >= 4 is 11.8 Å². The summed E-state index contributed by atoms with van der Waals surface area (Å²) in [7, 11) is 0. The van der Waals surface area contributed by atoms with Crippen LogP contribution in [0.1, 0.15) is 6.42 Å². The molecule has 2 heterocycles. The molecule has 106 valence electrons. The Bertz CT molecular complexity index is 433. The van der Waals surface area contributed by atoms with E-state index in [1.165, 1.54) is 17.2 Å². The van der Waals surface area contributed by atoms with E-state index in [2.05, 4.69) is 9.97 Å². The van der Waals surface area contributed by atoms with Crippen molar-refractivity contribution in [2.75, 3.05) is 36.9 Å². The molecule has 19 heavy (non-hydrogen) atoms. The molecule has 3 N–H and O–H groups in total. The van der Waals surface area contributed by atoms with Crippen molar-refractivity contribution in [3.8, 4) is 0 Å². The van der Waals surface area contributed by atoms with E-state index in [1.807, 2.05) is 0 Å². The fourth-order valence-electron chi connectivity index (χ4n) is 2.00. The number of halogens is 2. The van der Waals surface area contributed by atoms with Crippen molar-refractivity contribution < 1.29 is 18.6 Å². The summed E-state index contributed by atoms with van der Waals surface area (Å²) >= 11 is 0. The largest absolute Gasteiger partial charge is 0.394 e. The molecule has 0 spiro atoms. The van der Waals surface area contributed by atoms with E-state index in [-0.39, 0.29) is 31.4 Å². The third-order valence-electron chi connectivity index (χ3n) is 2.89. The Balaban J connectivity index is 2.05. The number of hydrogen-bond donors (Lipinski definition) is 2. The standard InChI is InChI=1S/C11H16F2N4O2/c12-11(13)7-17(4-2-8(11)19-6-5-18)10-15-3-1-9(14)16-10/h1,3,8,18H,2,4-7H2,(H2,14,15,16). The molecule has 0 saturated carbocycles. The zero-order chi connectivity index (χ0) is 13.9. The van der Waals surface area contributed by atoms with Crippen LogP contribution in [-0.4, -0.2) is 53.4 Å². The summed E-state index contributed by atoms with van der Waals surface area (Å²) in [4.78, 5) is 9.25. The second-order valence-electron chi connectivity index (χ2n) is 4.34. The average molecular weight is 274 g/mol. The van der Waals surface area contributed by atoms with E-state index in [0.29, 0.717) is 6.54 Å². The number of aromatic nitrogens is 2. The molecule has 1 unspecified atom stereocenters. The highest BCUT2D eigenvalue weighted by molar-refractivity contribution is 5.38. The van der Waals surface area contributed by atoms with Crippen LogP contribution in [0.2, 0.25) is 0 Å². The number of aliphatic hydroxyl groups excluding tert-OH is 1. The van der Waals surface area contributed by atoms with Gasteiger partial charge in [-0.15, -0.1) is 0 Å². The van der Waals surface area contributed by atoms with E-state index >= 15 is 0 Å². The van der Waals surface area contributed by atoms with Gasteiger partial charge in [0.15, 0.2) is 0 Å². The maximum atomic E-state index is 13.9. The maximum absolute atomic E-state index is 13.9. The molecule has 1 atom stereocenters. The lowest BCUT2D eigenvalue weighted by atomic mass is 10.0. The van der Waals surface area contributed by atoms with E-state index in [1.54, 1.807) is 0 Å². The third-order valence-corrected chi connectivity index (χ3v) is 2.89. The highest BCUT2D eigenvalue weighted by Gasteiger charge is 2.46. The number of piperidine rings is 1. The Morgan fingerprint density at radius 1 is 1.58 bits per heavy atom. The molecule has 1 fully saturated rings. The number of ether oxygens (including phenoxy) is 1. The summed E-state index contributed by atoms with van der Waals surface area (Å²) in [5.41, 5.74) is 5.51. The lowest BCUT2D eigenvalue weighted by Crippen LogP contribution is -2.53. The molecule has 0 amide bonds. The smallest absolute Gasteiger partial charge is 0.290 e. The predicted molar refractivity (Wildman–Crippen MR) is 65.0 cm³/mol. The van der Waals surface area contributed by atoms with Gasteiger partial charge in [0.2, 0.25) is 5.95 Å². The van der Waals surface area contributed by atoms with Gasteiger partial charge in [-0.3, -0.25) is 0 Å². The average Bonchev–Trinajstić information content (AvgIpc) is 2.36. The number of nitrogen functional groups attached to an aromatic ring is 1. The number of nitrogens with two attached hydrogens (primary N) is 1. The number of alkyl halides is 2. The zero-order valence-electron chi connectivity index (χ0n) is 10.3. The van der Waals surface area contributed by atoms with E-state index < -0.39 is 18.6 Å². The normalized spacial score (nSPS) is 22.5. The van der Waals surface area contributed by atoms with Gasteiger partial charge in [0.05, 0.1) is 19.8 Å². The molecule has 8 heteroatoms. The fraction of sp³-hybridized carbons (Fsp3) is 0.636. The SMILES string of the molecule is Nc1ccnc(N2CCC(OCCO)C(F)(F)C2)n1. The molecule has 1 aliphatic rings. The number of hydrogen-bond acceptors (Lipinski definition) is 6. The van der Waals surface area contributed by atoms with Crippen LogP contribution >= 0.6 is 0 Å². The van der Waals surface area contributed by atoms with Gasteiger partial charge < -0.3 is 20.5 Å². The topological polar surface area (TPSA) is 84.5 Å². The van der Waals surface area contributed by atoms with Crippen LogP contribution in [0.15, 0.2) is 12.3 Å². The van der Waals surface area contributed by atoms with Crippen LogP contribution < -0.4 is 10.6 Å². The van der Waals surface area contributed by atoms with Crippen LogP contribution in [-0.2, 0) is 4.74 Å². The summed E-state index contributed by atoms with van der Waals surface area (Å²) in [6.45, 7) is -0.522. The van der Waals surface area contributed by atoms with Crippen molar-refractivity contribution in [3.05, 3.63) is 12.3 Å². The molecular weight excluding hydrogens is 258 g/mol. The summed E-state index contributed by atoms with van der Waals surface area (Å²) in [6.07, 6.45) is 0.395. The van der Waals surface area contributed by atoms with Gasteiger partial charge in [-0.2, -0.15) is 4.98 Å². The Morgan fingerprint density at radius 2 is 2.37 bits per heavy atom. The molecule has 1 saturated heterocycles. The first kappa shape index (κ1) is 13.9. The predicted octanol–water partition coefficient (Wildman–Crippen LogP) is 0.282. The van der Waals surface area contributed by atoms with Gasteiger partial charge in [0.1, 0.15) is 11.9 Å². The maximum Gasteiger partial charge on any atom is 0.290 e. The Hall–Kier alpha value is -1.54. The van der Waals surface area contributed by atoms with Gasteiger partial charge in [-0.25, -0.2) is 13.8 Å². The van der Waals surface area contributed by atoms with Crippen molar-refractivity contribution in [2.45, 2.75) is 18.4 Å². The van der Waals surface area contributed by atoms with Crippen LogP contribution in [0.3, 0.4) is 0 Å². The van der Waals surface area contributed by atoms with Crippen molar-refractivity contribution in [2.24, 2.45) is 0 Å². The number of anilines is 2. The highest BCUT2D eigenvalue weighted by Crippen LogP contribution is 2.31. The van der Waals surface area contributed by atoms with E-state index in [4.69, 9.17) is 15.6 Å². The summed E-state index contributed by atoms with van der Waals surface area (Å²) in [5.74, 6) is -2.58. The van der Waals surface area contributed by atoms with E-state index in [9.17, 15) is 8.78 Å². The Labute approximate surface area is 109 Å². The minimum absolute atomic E-state index is 0.0883. The fourth-order valence-corrected chi connectivity index (χ4v) is 2.00. The molecule has 1 aromatic rings. The molecular formula is C11H16F2N4O2. The van der Waals surface area contributed by atoms with E-state index in [0.717, 1.165) is 0 Å². The molecule has 0 bridgehead atoms. The van der Waals surface area contributed by atoms with Gasteiger partial charge >= 0.3 is 0 Å². The number of nitrogens with zero attached hydrogens (tertiary/aromatic N) is 3. The third kappa shape index (κ3) is 3.27. The quantitative estimate of drug-likeness (QED) is 0.820. The zero-order valence-corrected chi connectivity index (χ0v) is 10.3. The molecule has 0 radical (unpaired) electrons. The van der Waals surface area contributed by atoms with Crippen LogP contribution in [0.4, 0.5) is 20.5 Å². The molecule has 1 aliphatic heterocycles. The van der Waals surface area contributed by atoms with Crippen LogP contribution in [0, 0.1) is 0 Å². The minimum atomic E-state index is -3.01. The van der Waals surface area contributed by atoms with Crippen LogP contribution in [0.25, 0.3) is 0 Å². The Morgan fingerprint density at radius 3 is 3.00 bits per heavy atom. The van der Waals surface area contributed by atoms with Crippen molar-refractivity contribution in [3.63, 3.8) is 0 Å². The van der Waals surface area contributed by atoms with Gasteiger partial charge in [-0.1, -0.05) is 0 Å². The second kappa shape index (κ2) is 5.62. The first-order chi connectivity index (χ1) is 9.03. The Kier molecular flexibility index (Phi) is 4.11. The molecule has 0 aromatic carbocycles. The molecule has 2 rings (SSSR count). The number of aliphatic hydroxyl groups is 1.